The van der Waals surface area contributed by atoms with Gasteiger partial charge in [0.25, 0.3) is 11.6 Å². The van der Waals surface area contributed by atoms with Crippen molar-refractivity contribution in [1.82, 2.24) is 15.5 Å². The van der Waals surface area contributed by atoms with E-state index in [0.717, 1.165) is 5.69 Å². The lowest BCUT2D eigenvalue weighted by atomic mass is 10.0. The van der Waals surface area contributed by atoms with Crippen LogP contribution in [0.2, 0.25) is 0 Å². The number of amides is 1. The van der Waals surface area contributed by atoms with Crippen LogP contribution in [0.4, 0.5) is 0 Å². The molecule has 24 heavy (non-hydrogen) atoms. The minimum Gasteiger partial charge on any atom is -0.467 e. The smallest absolute Gasteiger partial charge is 0.259 e. The first-order valence-corrected chi connectivity index (χ1v) is 7.74. The molecule has 0 fully saturated rings. The van der Waals surface area contributed by atoms with E-state index in [0.29, 0.717) is 28.1 Å². The van der Waals surface area contributed by atoms with E-state index in [-0.39, 0.29) is 18.4 Å². The van der Waals surface area contributed by atoms with Crippen molar-refractivity contribution in [2.24, 2.45) is 0 Å². The second-order valence-corrected chi connectivity index (χ2v) is 5.94. The van der Waals surface area contributed by atoms with Gasteiger partial charge in [0.15, 0.2) is 0 Å². The summed E-state index contributed by atoms with van der Waals surface area (Å²) in [4.78, 5) is 17.0. The summed E-state index contributed by atoms with van der Waals surface area (Å²) in [6.07, 6.45) is 0.566. The molecule has 7 heteroatoms. The van der Waals surface area contributed by atoms with Crippen LogP contribution in [-0.2, 0) is 0 Å². The maximum Gasteiger partial charge on any atom is 0.259 e. The molecule has 3 aromatic rings. The molecule has 3 rings (SSSR count). The maximum atomic E-state index is 12.6. The number of rotatable bonds is 5. The largest absolute Gasteiger partial charge is 0.467 e. The van der Waals surface area contributed by atoms with Crippen molar-refractivity contribution in [3.05, 3.63) is 47.2 Å². The van der Waals surface area contributed by atoms with Crippen molar-refractivity contribution >= 4 is 17.0 Å². The molecule has 0 aromatic carbocycles. The van der Waals surface area contributed by atoms with Gasteiger partial charge in [-0.25, -0.2) is 4.98 Å². The molecule has 3 aromatic heterocycles. The molecule has 0 spiro atoms. The number of carbonyl (C=O) groups is 1. The molecule has 0 aliphatic heterocycles. The van der Waals surface area contributed by atoms with Crippen LogP contribution in [-0.4, -0.2) is 27.7 Å². The first-order valence-electron chi connectivity index (χ1n) is 7.74. The van der Waals surface area contributed by atoms with E-state index in [4.69, 9.17) is 8.94 Å². The molecular weight excluding hydrogens is 310 g/mol. The third-order valence-electron chi connectivity index (χ3n) is 3.80. The normalized spacial score (nSPS) is 12.7. The molecule has 0 radical (unpaired) electrons. The molecule has 2 N–H and O–H groups in total. The number of hydrogen-bond acceptors (Lipinski definition) is 6. The Kier molecular flexibility index (Phi) is 4.35. The summed E-state index contributed by atoms with van der Waals surface area (Å²) < 4.78 is 10.3. The lowest BCUT2D eigenvalue weighted by molar-refractivity contribution is 0.0902. The van der Waals surface area contributed by atoms with Gasteiger partial charge in [-0.3, -0.25) is 4.79 Å². The highest BCUT2D eigenvalue weighted by atomic mass is 16.5. The Morgan fingerprint density at radius 3 is 2.88 bits per heavy atom. The number of nitrogens with zero attached hydrogens (tertiary/aromatic N) is 2. The summed E-state index contributed by atoms with van der Waals surface area (Å²) >= 11 is 0. The van der Waals surface area contributed by atoms with Crippen molar-refractivity contribution in [3.63, 3.8) is 0 Å². The van der Waals surface area contributed by atoms with E-state index in [1.807, 2.05) is 13.8 Å². The monoisotopic (exact) mass is 329 g/mol. The molecule has 7 nitrogen and oxygen atoms in total. The molecule has 3 heterocycles. The Balaban J connectivity index is 1.87. The van der Waals surface area contributed by atoms with E-state index >= 15 is 0 Å². The predicted molar refractivity (Wildman–Crippen MR) is 86.6 cm³/mol. The highest BCUT2D eigenvalue weighted by Gasteiger charge is 2.20. The van der Waals surface area contributed by atoms with Gasteiger partial charge in [0, 0.05) is 5.69 Å². The van der Waals surface area contributed by atoms with Crippen LogP contribution in [0.1, 0.15) is 53.4 Å². The fourth-order valence-corrected chi connectivity index (χ4v) is 2.45. The molecule has 126 valence electrons. The van der Waals surface area contributed by atoms with Crippen LogP contribution in [0, 0.1) is 6.92 Å². The van der Waals surface area contributed by atoms with E-state index in [1.54, 1.807) is 25.1 Å². The van der Waals surface area contributed by atoms with Crippen LogP contribution in [0.25, 0.3) is 11.1 Å². The Morgan fingerprint density at radius 2 is 2.21 bits per heavy atom. The molecule has 1 atom stereocenters. The third-order valence-corrected chi connectivity index (χ3v) is 3.80. The van der Waals surface area contributed by atoms with E-state index in [1.165, 1.54) is 6.26 Å². The van der Waals surface area contributed by atoms with E-state index in [2.05, 4.69) is 15.5 Å². The van der Waals surface area contributed by atoms with Gasteiger partial charge in [0.05, 0.1) is 29.5 Å². The molecule has 0 saturated heterocycles. The number of fused-ring (bicyclic) bond motifs is 1. The van der Waals surface area contributed by atoms with Crippen molar-refractivity contribution in [2.45, 2.75) is 32.8 Å². The van der Waals surface area contributed by atoms with Crippen LogP contribution < -0.4 is 5.32 Å². The minimum absolute atomic E-state index is 0.0392. The van der Waals surface area contributed by atoms with Crippen molar-refractivity contribution in [2.75, 3.05) is 6.54 Å². The van der Waals surface area contributed by atoms with Gasteiger partial charge < -0.3 is 19.4 Å². The summed E-state index contributed by atoms with van der Waals surface area (Å²) in [6, 6.07) is 5.08. The van der Waals surface area contributed by atoms with Gasteiger partial charge >= 0.3 is 0 Å². The molecule has 0 bridgehead atoms. The van der Waals surface area contributed by atoms with E-state index < -0.39 is 6.10 Å². The third kappa shape index (κ3) is 3.03. The summed E-state index contributed by atoms with van der Waals surface area (Å²) in [5.41, 5.74) is 2.13. The number of nitrogens with one attached hydrogen (secondary N) is 1. The predicted octanol–water partition coefficient (Wildman–Crippen LogP) is 2.71. The quantitative estimate of drug-likeness (QED) is 0.746. The SMILES string of the molecule is Cc1noc2nc(C(C)C)cc(C(=O)NCC(O)c3ccco3)c12. The number of furan rings is 1. The molecule has 1 amide bonds. The summed E-state index contributed by atoms with van der Waals surface area (Å²) in [5.74, 6) is 0.223. The van der Waals surface area contributed by atoms with Gasteiger partial charge in [-0.1, -0.05) is 19.0 Å². The molecule has 0 aliphatic carbocycles. The molecular formula is C17H19N3O4. The van der Waals surface area contributed by atoms with Crippen molar-refractivity contribution in [1.29, 1.82) is 0 Å². The van der Waals surface area contributed by atoms with Crippen LogP contribution in [0.3, 0.4) is 0 Å². The first kappa shape index (κ1) is 16.2. The average molecular weight is 329 g/mol. The minimum atomic E-state index is -0.908. The Hall–Kier alpha value is -2.67. The number of aromatic nitrogens is 2. The van der Waals surface area contributed by atoms with Crippen molar-refractivity contribution < 1.29 is 18.8 Å². The summed E-state index contributed by atoms with van der Waals surface area (Å²) in [6.45, 7) is 5.77. The second kappa shape index (κ2) is 6.45. The summed E-state index contributed by atoms with van der Waals surface area (Å²) in [7, 11) is 0. The zero-order valence-corrected chi connectivity index (χ0v) is 13.7. The number of aliphatic hydroxyl groups excluding tert-OH is 1. The summed E-state index contributed by atoms with van der Waals surface area (Å²) in [5, 5.41) is 17.2. The number of hydrogen-bond donors (Lipinski definition) is 2. The highest BCUT2D eigenvalue weighted by molar-refractivity contribution is 6.06. The number of carbonyl (C=O) groups excluding carboxylic acids is 1. The lowest BCUT2D eigenvalue weighted by Crippen LogP contribution is -2.28. The molecule has 1 unspecified atom stereocenters. The van der Waals surface area contributed by atoms with Gasteiger partial charge in [0.2, 0.25) is 0 Å². The first-order chi connectivity index (χ1) is 11.5. The number of pyridine rings is 1. The second-order valence-electron chi connectivity index (χ2n) is 5.94. The van der Waals surface area contributed by atoms with Crippen LogP contribution in [0.5, 0.6) is 0 Å². The topological polar surface area (TPSA) is 101 Å². The van der Waals surface area contributed by atoms with Gasteiger partial charge in [-0.2, -0.15) is 0 Å². The molecule has 0 saturated carbocycles. The Labute approximate surface area is 138 Å². The number of aliphatic hydroxyl groups is 1. The standard InChI is InChI=1S/C17H19N3O4/c1-9(2)12-7-11(15-10(3)20-24-17(15)19-12)16(22)18-8-13(21)14-5-4-6-23-14/h4-7,9,13,21H,8H2,1-3H3,(H,18,22). The van der Waals surface area contributed by atoms with Gasteiger partial charge in [-0.05, 0) is 31.0 Å². The Bertz CT molecular complexity index is 852. The maximum absolute atomic E-state index is 12.6. The lowest BCUT2D eigenvalue weighted by Gasteiger charge is -2.11. The van der Waals surface area contributed by atoms with Crippen molar-refractivity contribution in [3.8, 4) is 0 Å². The zero-order chi connectivity index (χ0) is 17.3. The average Bonchev–Trinajstić information content (AvgIpc) is 3.21. The van der Waals surface area contributed by atoms with Crippen LogP contribution >= 0.6 is 0 Å². The fourth-order valence-electron chi connectivity index (χ4n) is 2.45. The zero-order valence-electron chi connectivity index (χ0n) is 13.7. The van der Waals surface area contributed by atoms with Gasteiger partial charge in [-0.15, -0.1) is 0 Å². The van der Waals surface area contributed by atoms with Gasteiger partial charge in [0.1, 0.15) is 11.9 Å². The fraction of sp³-hybridized carbons (Fsp3) is 0.353. The molecule has 0 aliphatic rings. The Morgan fingerprint density at radius 1 is 1.42 bits per heavy atom. The highest BCUT2D eigenvalue weighted by Crippen LogP contribution is 2.25. The number of aryl methyl sites for hydroxylation is 1. The van der Waals surface area contributed by atoms with Crippen LogP contribution in [0.15, 0.2) is 33.4 Å². The van der Waals surface area contributed by atoms with E-state index in [9.17, 15) is 9.90 Å².